The van der Waals surface area contributed by atoms with Crippen molar-refractivity contribution in [3.63, 3.8) is 0 Å². The number of hydrogen-bond donors (Lipinski definition) is 1. The lowest BCUT2D eigenvalue weighted by Crippen LogP contribution is -2.20. The fourth-order valence-corrected chi connectivity index (χ4v) is 3.84. The van der Waals surface area contributed by atoms with Crippen molar-refractivity contribution in [1.82, 2.24) is 0 Å². The summed E-state index contributed by atoms with van der Waals surface area (Å²) in [5.41, 5.74) is 4.36. The highest BCUT2D eigenvalue weighted by molar-refractivity contribution is 5.37. The van der Waals surface area contributed by atoms with E-state index < -0.39 is 0 Å². The van der Waals surface area contributed by atoms with Crippen LogP contribution in [-0.4, -0.2) is 11.2 Å². The molecule has 0 aliphatic heterocycles. The Morgan fingerprint density at radius 1 is 0.875 bits per heavy atom. The molecule has 1 atom stereocenters. The lowest BCUT2D eigenvalue weighted by atomic mass is 9.78. The van der Waals surface area contributed by atoms with Gasteiger partial charge in [0.1, 0.15) is 0 Å². The predicted octanol–water partition coefficient (Wildman–Crippen LogP) is 6.16. The second kappa shape index (κ2) is 7.60. The van der Waals surface area contributed by atoms with Gasteiger partial charge in [-0.15, -0.1) is 0 Å². The molecule has 1 heteroatoms. The van der Waals surface area contributed by atoms with Crippen LogP contribution in [0.25, 0.3) is 0 Å². The number of hydrogen-bond acceptors (Lipinski definition) is 1. The molecule has 1 aliphatic carbocycles. The first-order valence-electron chi connectivity index (χ1n) is 9.89. The lowest BCUT2D eigenvalue weighted by molar-refractivity contribution is 0.130. The van der Waals surface area contributed by atoms with Crippen LogP contribution in [0.5, 0.6) is 0 Å². The number of aliphatic hydroxyl groups is 1. The molecule has 1 N–H and O–H groups in total. The topological polar surface area (TPSA) is 20.2 Å². The molecule has 1 unspecified atom stereocenters. The molecule has 1 aromatic rings. The monoisotopic (exact) mass is 330 g/mol. The van der Waals surface area contributed by atoms with Crippen LogP contribution in [0, 0.1) is 5.92 Å². The average molecular weight is 331 g/mol. The molecule has 1 aliphatic rings. The molecule has 1 saturated carbocycles. The SMILES string of the molecule is CC(C)(C)c1cc(CC(O)CC2CCCCC2)cc(C(C)(C)C)c1. The molecule has 0 spiro atoms. The van der Waals surface area contributed by atoms with E-state index in [1.165, 1.54) is 48.8 Å². The Morgan fingerprint density at radius 2 is 1.38 bits per heavy atom. The minimum atomic E-state index is -0.198. The van der Waals surface area contributed by atoms with E-state index in [4.69, 9.17) is 0 Å². The lowest BCUT2D eigenvalue weighted by Gasteiger charge is -2.27. The second-order valence-corrected chi connectivity index (χ2v) is 10.0. The van der Waals surface area contributed by atoms with Gasteiger partial charge in [0, 0.05) is 0 Å². The first kappa shape index (κ1) is 19.5. The molecule has 0 amide bonds. The van der Waals surface area contributed by atoms with Crippen molar-refractivity contribution in [3.8, 4) is 0 Å². The van der Waals surface area contributed by atoms with E-state index >= 15 is 0 Å². The van der Waals surface area contributed by atoms with Gasteiger partial charge < -0.3 is 5.11 Å². The molecule has 1 nitrogen and oxygen atoms in total. The van der Waals surface area contributed by atoms with Crippen molar-refractivity contribution in [3.05, 3.63) is 34.9 Å². The van der Waals surface area contributed by atoms with Crippen molar-refractivity contribution < 1.29 is 5.11 Å². The third-order valence-electron chi connectivity index (χ3n) is 5.53. The van der Waals surface area contributed by atoms with Crippen LogP contribution in [0.15, 0.2) is 18.2 Å². The Bertz CT molecular complexity index is 492. The van der Waals surface area contributed by atoms with Gasteiger partial charge in [-0.1, -0.05) is 91.8 Å². The molecule has 1 aromatic carbocycles. The molecule has 0 heterocycles. The Balaban J connectivity index is 2.15. The Hall–Kier alpha value is -0.820. The van der Waals surface area contributed by atoms with E-state index in [-0.39, 0.29) is 16.9 Å². The third kappa shape index (κ3) is 5.62. The molecular formula is C23H38O. The number of benzene rings is 1. The zero-order valence-electron chi connectivity index (χ0n) is 16.8. The Kier molecular flexibility index (Phi) is 6.18. The maximum atomic E-state index is 10.6. The maximum absolute atomic E-state index is 10.6. The Morgan fingerprint density at radius 3 is 1.83 bits per heavy atom. The van der Waals surface area contributed by atoms with Crippen LogP contribution in [0.2, 0.25) is 0 Å². The maximum Gasteiger partial charge on any atom is 0.0583 e. The van der Waals surface area contributed by atoms with Crippen LogP contribution in [0.3, 0.4) is 0 Å². The van der Waals surface area contributed by atoms with Gasteiger partial charge in [-0.2, -0.15) is 0 Å². The molecule has 0 saturated heterocycles. The van der Waals surface area contributed by atoms with Crippen LogP contribution >= 0.6 is 0 Å². The molecular weight excluding hydrogens is 292 g/mol. The summed E-state index contributed by atoms with van der Waals surface area (Å²) in [5.74, 6) is 0.738. The van der Waals surface area contributed by atoms with Crippen LogP contribution in [0.4, 0.5) is 0 Å². The van der Waals surface area contributed by atoms with Gasteiger partial charge in [-0.05, 0) is 46.3 Å². The summed E-state index contributed by atoms with van der Waals surface area (Å²) in [7, 11) is 0. The normalized spacial score (nSPS) is 18.6. The zero-order valence-corrected chi connectivity index (χ0v) is 16.8. The number of rotatable bonds is 4. The van der Waals surface area contributed by atoms with E-state index in [0.717, 1.165) is 18.8 Å². The second-order valence-electron chi connectivity index (χ2n) is 10.0. The summed E-state index contributed by atoms with van der Waals surface area (Å²) in [6, 6.07) is 7.00. The summed E-state index contributed by atoms with van der Waals surface area (Å²) in [4.78, 5) is 0. The highest BCUT2D eigenvalue weighted by Gasteiger charge is 2.22. The third-order valence-corrected chi connectivity index (χ3v) is 5.53. The molecule has 1 fully saturated rings. The number of aliphatic hydroxyl groups excluding tert-OH is 1. The Labute approximate surface area is 149 Å². The van der Waals surface area contributed by atoms with Gasteiger partial charge >= 0.3 is 0 Å². The van der Waals surface area contributed by atoms with Crippen molar-refractivity contribution in [2.45, 2.75) is 103 Å². The standard InChI is InChI=1S/C23H38O/c1-22(2,3)19-12-18(13-20(16-19)23(4,5)6)15-21(24)14-17-10-8-7-9-11-17/h12-13,16-17,21,24H,7-11,14-15H2,1-6H3. The molecule has 0 bridgehead atoms. The molecule has 0 aromatic heterocycles. The highest BCUT2D eigenvalue weighted by Crippen LogP contribution is 2.32. The van der Waals surface area contributed by atoms with E-state index in [1.807, 2.05) is 0 Å². The van der Waals surface area contributed by atoms with Gasteiger partial charge in [-0.3, -0.25) is 0 Å². The van der Waals surface area contributed by atoms with Crippen LogP contribution in [0.1, 0.15) is 96.8 Å². The largest absolute Gasteiger partial charge is 0.393 e. The smallest absolute Gasteiger partial charge is 0.0583 e. The first-order valence-corrected chi connectivity index (χ1v) is 9.89. The predicted molar refractivity (Wildman–Crippen MR) is 105 cm³/mol. The van der Waals surface area contributed by atoms with Gasteiger partial charge in [0.15, 0.2) is 0 Å². The minimum absolute atomic E-state index is 0.143. The van der Waals surface area contributed by atoms with Gasteiger partial charge in [0.25, 0.3) is 0 Å². The molecule has 0 radical (unpaired) electrons. The molecule has 136 valence electrons. The van der Waals surface area contributed by atoms with E-state index in [2.05, 4.69) is 59.7 Å². The minimum Gasteiger partial charge on any atom is -0.393 e. The first-order chi connectivity index (χ1) is 11.1. The quantitative estimate of drug-likeness (QED) is 0.701. The van der Waals surface area contributed by atoms with Crippen LogP contribution in [-0.2, 0) is 17.3 Å². The summed E-state index contributed by atoms with van der Waals surface area (Å²) < 4.78 is 0. The fraction of sp³-hybridized carbons (Fsp3) is 0.739. The van der Waals surface area contributed by atoms with Crippen molar-refractivity contribution in [2.24, 2.45) is 5.92 Å². The fourth-order valence-electron chi connectivity index (χ4n) is 3.84. The summed E-state index contributed by atoms with van der Waals surface area (Å²) in [5, 5.41) is 10.6. The van der Waals surface area contributed by atoms with Gasteiger partial charge in [-0.25, -0.2) is 0 Å². The molecule has 2 rings (SSSR count). The van der Waals surface area contributed by atoms with Crippen LogP contribution < -0.4 is 0 Å². The summed E-state index contributed by atoms with van der Waals surface area (Å²) in [6.45, 7) is 13.6. The molecule has 24 heavy (non-hydrogen) atoms. The van der Waals surface area contributed by atoms with Crippen molar-refractivity contribution in [1.29, 1.82) is 0 Å². The van der Waals surface area contributed by atoms with Crippen molar-refractivity contribution >= 4 is 0 Å². The zero-order chi connectivity index (χ0) is 18.0. The highest BCUT2D eigenvalue weighted by atomic mass is 16.3. The van der Waals surface area contributed by atoms with Gasteiger partial charge in [0.2, 0.25) is 0 Å². The van der Waals surface area contributed by atoms with E-state index in [1.54, 1.807) is 0 Å². The van der Waals surface area contributed by atoms with E-state index in [0.29, 0.717) is 0 Å². The van der Waals surface area contributed by atoms with Crippen molar-refractivity contribution in [2.75, 3.05) is 0 Å². The van der Waals surface area contributed by atoms with E-state index in [9.17, 15) is 5.11 Å². The summed E-state index contributed by atoms with van der Waals surface area (Å²) >= 11 is 0. The summed E-state index contributed by atoms with van der Waals surface area (Å²) in [6.07, 6.45) is 8.29. The average Bonchev–Trinajstić information content (AvgIpc) is 2.46. The van der Waals surface area contributed by atoms with Gasteiger partial charge in [0.05, 0.1) is 6.10 Å².